The van der Waals surface area contributed by atoms with E-state index in [1.165, 1.54) is 32.9 Å². The summed E-state index contributed by atoms with van der Waals surface area (Å²) in [6.07, 6.45) is 2.84. The van der Waals surface area contributed by atoms with E-state index < -0.39 is 6.04 Å². The van der Waals surface area contributed by atoms with Crippen molar-refractivity contribution < 1.29 is 9.53 Å². The third-order valence-corrected chi connectivity index (χ3v) is 7.44. The van der Waals surface area contributed by atoms with Gasteiger partial charge in [0.05, 0.1) is 12.3 Å². The third kappa shape index (κ3) is 3.91. The topological polar surface area (TPSA) is 50.7 Å². The van der Waals surface area contributed by atoms with Crippen LogP contribution >= 0.6 is 11.8 Å². The number of aliphatic imine (C=N–C) groups is 1. The van der Waals surface area contributed by atoms with Crippen molar-refractivity contribution in [1.82, 2.24) is 0 Å². The lowest BCUT2D eigenvalue weighted by atomic mass is 9.78. The highest BCUT2D eigenvalue weighted by atomic mass is 32.2. The number of esters is 1. The van der Waals surface area contributed by atoms with Gasteiger partial charge in [0, 0.05) is 22.0 Å². The van der Waals surface area contributed by atoms with E-state index in [9.17, 15) is 4.79 Å². The van der Waals surface area contributed by atoms with Crippen molar-refractivity contribution in [1.29, 1.82) is 0 Å². The van der Waals surface area contributed by atoms with Crippen molar-refractivity contribution in [2.24, 2.45) is 10.4 Å². The lowest BCUT2D eigenvalue weighted by Crippen LogP contribution is -2.34. The van der Waals surface area contributed by atoms with Gasteiger partial charge in [-0.15, -0.1) is 11.8 Å². The van der Waals surface area contributed by atoms with Gasteiger partial charge in [-0.3, -0.25) is 4.99 Å². The smallest absolute Gasteiger partial charge is 0.331 e. The zero-order chi connectivity index (χ0) is 21.6. The Morgan fingerprint density at radius 3 is 2.81 bits per heavy atom. The maximum absolute atomic E-state index is 12.2. The fourth-order valence-corrected chi connectivity index (χ4v) is 5.97. The largest absolute Gasteiger partial charge is 0.464 e. The molecule has 1 atom stereocenters. The molecule has 3 aliphatic rings. The van der Waals surface area contributed by atoms with Crippen molar-refractivity contribution in [3.63, 3.8) is 0 Å². The number of fused-ring (bicyclic) bond motifs is 4. The Kier molecular flexibility index (Phi) is 5.17. The molecule has 4 nitrogen and oxygen atoms in total. The molecule has 160 valence electrons. The van der Waals surface area contributed by atoms with Crippen LogP contribution in [-0.4, -0.2) is 30.1 Å². The van der Waals surface area contributed by atoms with Gasteiger partial charge in [-0.1, -0.05) is 44.2 Å². The van der Waals surface area contributed by atoms with Gasteiger partial charge >= 0.3 is 5.97 Å². The fourth-order valence-electron chi connectivity index (χ4n) is 4.85. The number of hydrogen-bond acceptors (Lipinski definition) is 5. The van der Waals surface area contributed by atoms with Crippen LogP contribution in [-0.2, 0) is 16.0 Å². The van der Waals surface area contributed by atoms with Gasteiger partial charge in [0.1, 0.15) is 0 Å². The predicted molar refractivity (Wildman–Crippen MR) is 129 cm³/mol. The second-order valence-corrected chi connectivity index (χ2v) is 10.3. The van der Waals surface area contributed by atoms with Gasteiger partial charge in [0.15, 0.2) is 6.04 Å². The molecular weight excluding hydrogens is 404 g/mol. The lowest BCUT2D eigenvalue weighted by molar-refractivity contribution is -0.143. The van der Waals surface area contributed by atoms with E-state index in [0.717, 1.165) is 30.7 Å². The van der Waals surface area contributed by atoms with E-state index >= 15 is 0 Å². The molecule has 0 saturated heterocycles. The normalized spacial score (nSPS) is 21.0. The van der Waals surface area contributed by atoms with Crippen molar-refractivity contribution in [2.45, 2.75) is 46.1 Å². The van der Waals surface area contributed by atoms with E-state index in [0.29, 0.717) is 12.4 Å². The van der Waals surface area contributed by atoms with Crippen molar-refractivity contribution in [3.8, 4) is 11.1 Å². The first-order valence-corrected chi connectivity index (χ1v) is 12.0. The highest BCUT2D eigenvalue weighted by Crippen LogP contribution is 2.44. The van der Waals surface area contributed by atoms with Gasteiger partial charge in [-0.2, -0.15) is 0 Å². The summed E-state index contributed by atoms with van der Waals surface area (Å²) in [5.74, 6) is 0.431. The number of hydrogen-bond donors (Lipinski definition) is 1. The minimum absolute atomic E-state index is 0.0920. The molecule has 31 heavy (non-hydrogen) atoms. The number of anilines is 1. The van der Waals surface area contributed by atoms with Crippen LogP contribution in [0.25, 0.3) is 11.1 Å². The molecule has 2 aliphatic carbocycles. The monoisotopic (exact) mass is 432 g/mol. The van der Waals surface area contributed by atoms with Gasteiger partial charge in [0.2, 0.25) is 0 Å². The molecule has 0 amide bonds. The molecule has 0 fully saturated rings. The Labute approximate surface area is 188 Å². The number of rotatable bonds is 4. The summed E-state index contributed by atoms with van der Waals surface area (Å²) in [5.41, 5.74) is 8.95. The summed E-state index contributed by atoms with van der Waals surface area (Å²) in [6, 6.07) is 15.0. The number of ether oxygens (including phenoxy) is 1. The highest BCUT2D eigenvalue weighted by Gasteiger charge is 2.36. The number of nitrogens with zero attached hydrogens (tertiary/aromatic N) is 1. The van der Waals surface area contributed by atoms with E-state index in [1.54, 1.807) is 11.8 Å². The number of benzene rings is 2. The molecule has 0 saturated carbocycles. The molecule has 1 unspecified atom stereocenters. The lowest BCUT2D eigenvalue weighted by Gasteiger charge is -2.36. The first kappa shape index (κ1) is 20.4. The molecule has 2 aromatic carbocycles. The molecule has 1 N–H and O–H groups in total. The van der Waals surface area contributed by atoms with E-state index in [1.807, 2.05) is 6.92 Å². The number of nitrogens with one attached hydrogen (secondary N) is 1. The van der Waals surface area contributed by atoms with Gasteiger partial charge in [-0.05, 0) is 66.0 Å². The van der Waals surface area contributed by atoms with Crippen LogP contribution in [0.15, 0.2) is 58.1 Å². The zero-order valence-electron chi connectivity index (χ0n) is 18.3. The van der Waals surface area contributed by atoms with Crippen LogP contribution in [0.2, 0.25) is 0 Å². The van der Waals surface area contributed by atoms with E-state index in [2.05, 4.69) is 61.6 Å². The first-order chi connectivity index (χ1) is 14.9. The van der Waals surface area contributed by atoms with Crippen molar-refractivity contribution in [2.75, 3.05) is 17.7 Å². The summed E-state index contributed by atoms with van der Waals surface area (Å²) in [7, 11) is 0. The minimum atomic E-state index is -0.391. The van der Waals surface area contributed by atoms with Crippen molar-refractivity contribution in [3.05, 3.63) is 64.2 Å². The van der Waals surface area contributed by atoms with Crippen LogP contribution in [0.4, 0.5) is 5.69 Å². The fraction of sp³-hybridized carbons (Fsp3) is 0.385. The number of thioether (sulfide) groups is 1. The van der Waals surface area contributed by atoms with E-state index in [-0.39, 0.29) is 11.4 Å². The Hall–Kier alpha value is -2.53. The predicted octanol–water partition coefficient (Wildman–Crippen LogP) is 5.82. The van der Waals surface area contributed by atoms with Crippen LogP contribution in [0.1, 0.15) is 44.7 Å². The summed E-state index contributed by atoms with van der Waals surface area (Å²) in [4.78, 5) is 18.3. The van der Waals surface area contributed by atoms with Gasteiger partial charge in [0.25, 0.3) is 0 Å². The highest BCUT2D eigenvalue weighted by molar-refractivity contribution is 8.04. The maximum Gasteiger partial charge on any atom is 0.331 e. The summed E-state index contributed by atoms with van der Waals surface area (Å²) >= 11 is 1.74. The van der Waals surface area contributed by atoms with Gasteiger partial charge < -0.3 is 10.1 Å². The van der Waals surface area contributed by atoms with Crippen molar-refractivity contribution >= 4 is 29.1 Å². The number of carbonyl (C=O) groups is 1. The first-order valence-electron chi connectivity index (χ1n) is 11.0. The summed E-state index contributed by atoms with van der Waals surface area (Å²) in [6.45, 7) is 6.78. The minimum Gasteiger partial charge on any atom is -0.464 e. The second kappa shape index (κ2) is 7.86. The Morgan fingerprint density at radius 2 is 1.97 bits per heavy atom. The quantitative estimate of drug-likeness (QED) is 0.528. The van der Waals surface area contributed by atoms with Crippen LogP contribution in [0, 0.1) is 5.41 Å². The Morgan fingerprint density at radius 1 is 1.16 bits per heavy atom. The Bertz CT molecular complexity index is 1120. The molecule has 0 bridgehead atoms. The van der Waals surface area contributed by atoms with E-state index in [4.69, 9.17) is 9.73 Å². The van der Waals surface area contributed by atoms with Crippen LogP contribution in [0.5, 0.6) is 0 Å². The number of allylic oxidation sites excluding steroid dienone is 2. The molecule has 1 aliphatic heterocycles. The molecular formula is C26H28N2O2S. The zero-order valence-corrected chi connectivity index (χ0v) is 19.1. The average molecular weight is 433 g/mol. The Balaban J connectivity index is 1.44. The molecule has 0 spiro atoms. The third-order valence-electron chi connectivity index (χ3n) is 6.18. The van der Waals surface area contributed by atoms with Crippen LogP contribution < -0.4 is 5.32 Å². The van der Waals surface area contributed by atoms with Crippen LogP contribution in [0.3, 0.4) is 0 Å². The molecule has 5 heteroatoms. The summed E-state index contributed by atoms with van der Waals surface area (Å²) < 4.78 is 5.21. The molecule has 0 radical (unpaired) electrons. The standard InChI is InChI=1S/C26H28N2O2S/c1-4-30-25(29)23-15-31-24-21(13-26(2,3)14-22(24)28-23)27-18-9-10-20-17(12-18)11-16-7-5-6-8-19(16)20/h5-10,12,23,27H,4,11,13-15H2,1-3H3. The number of carbonyl (C=O) groups excluding carboxylic acids is 1. The molecule has 2 aromatic rings. The maximum atomic E-state index is 12.2. The second-order valence-electron chi connectivity index (χ2n) is 9.31. The summed E-state index contributed by atoms with van der Waals surface area (Å²) in [5, 5.41) is 3.72. The average Bonchev–Trinajstić information content (AvgIpc) is 3.10. The SMILES string of the molecule is CCOC(=O)C1CSC2=C(Nc3ccc4c(c3)Cc3ccccc3-4)CC(C)(C)CC2=N1. The molecule has 5 rings (SSSR count). The van der Waals surface area contributed by atoms with Gasteiger partial charge in [-0.25, -0.2) is 4.79 Å². The molecule has 0 aromatic heterocycles. The molecule has 1 heterocycles.